The Kier molecular flexibility index (Phi) is 6.42. The number of nitrogens with zero attached hydrogens (tertiary/aromatic N) is 1. The SMILES string of the molecule is CNCCN(C)C(=O)C(C)Oc1cc(Cl)cc(Cl)c1. The van der Waals surface area contributed by atoms with Crippen molar-refractivity contribution in [1.82, 2.24) is 10.2 Å². The summed E-state index contributed by atoms with van der Waals surface area (Å²) in [6, 6.07) is 4.87. The van der Waals surface area contributed by atoms with Crippen LogP contribution in [0, 0.1) is 0 Å². The first-order valence-corrected chi connectivity index (χ1v) is 6.72. The van der Waals surface area contributed by atoms with E-state index in [2.05, 4.69) is 5.32 Å². The zero-order valence-electron chi connectivity index (χ0n) is 11.2. The smallest absolute Gasteiger partial charge is 0.263 e. The van der Waals surface area contributed by atoms with Crippen molar-refractivity contribution in [3.05, 3.63) is 28.2 Å². The molecule has 0 aliphatic carbocycles. The Labute approximate surface area is 123 Å². The molecule has 1 atom stereocenters. The molecular formula is C13H18Cl2N2O2. The van der Waals surface area contributed by atoms with Crippen molar-refractivity contribution >= 4 is 29.1 Å². The highest BCUT2D eigenvalue weighted by Gasteiger charge is 2.19. The van der Waals surface area contributed by atoms with Crippen LogP contribution in [0.15, 0.2) is 18.2 Å². The lowest BCUT2D eigenvalue weighted by molar-refractivity contribution is -0.136. The van der Waals surface area contributed by atoms with Gasteiger partial charge in [-0.05, 0) is 32.2 Å². The van der Waals surface area contributed by atoms with Crippen LogP contribution in [0.1, 0.15) is 6.92 Å². The van der Waals surface area contributed by atoms with Crippen molar-refractivity contribution in [1.29, 1.82) is 0 Å². The van der Waals surface area contributed by atoms with E-state index < -0.39 is 6.10 Å². The molecule has 0 aromatic heterocycles. The van der Waals surface area contributed by atoms with E-state index in [9.17, 15) is 4.79 Å². The first-order chi connectivity index (χ1) is 8.93. The lowest BCUT2D eigenvalue weighted by Gasteiger charge is -2.22. The van der Waals surface area contributed by atoms with Gasteiger partial charge in [0.1, 0.15) is 5.75 Å². The van der Waals surface area contributed by atoms with Gasteiger partial charge in [0, 0.05) is 30.2 Å². The highest BCUT2D eigenvalue weighted by Crippen LogP contribution is 2.25. The summed E-state index contributed by atoms with van der Waals surface area (Å²) >= 11 is 11.8. The van der Waals surface area contributed by atoms with E-state index in [1.165, 1.54) is 0 Å². The largest absolute Gasteiger partial charge is 0.481 e. The van der Waals surface area contributed by atoms with Crippen LogP contribution in [0.5, 0.6) is 5.75 Å². The molecule has 1 unspecified atom stereocenters. The van der Waals surface area contributed by atoms with Gasteiger partial charge in [0.2, 0.25) is 0 Å². The second kappa shape index (κ2) is 7.58. The number of amides is 1. The maximum atomic E-state index is 12.0. The molecule has 1 amide bonds. The van der Waals surface area contributed by atoms with Gasteiger partial charge in [-0.1, -0.05) is 23.2 Å². The normalized spacial score (nSPS) is 12.1. The molecule has 0 bridgehead atoms. The van der Waals surface area contributed by atoms with Crippen molar-refractivity contribution in [2.45, 2.75) is 13.0 Å². The maximum Gasteiger partial charge on any atom is 0.263 e. The molecule has 0 fully saturated rings. The molecule has 4 nitrogen and oxygen atoms in total. The summed E-state index contributed by atoms with van der Waals surface area (Å²) in [4.78, 5) is 13.6. The number of benzene rings is 1. The van der Waals surface area contributed by atoms with Gasteiger partial charge in [-0.15, -0.1) is 0 Å². The minimum Gasteiger partial charge on any atom is -0.481 e. The Morgan fingerprint density at radius 1 is 1.37 bits per heavy atom. The lowest BCUT2D eigenvalue weighted by Crippen LogP contribution is -2.40. The Morgan fingerprint density at radius 3 is 2.47 bits per heavy atom. The average molecular weight is 305 g/mol. The van der Waals surface area contributed by atoms with Crippen molar-refractivity contribution in [2.75, 3.05) is 27.2 Å². The summed E-state index contributed by atoms with van der Waals surface area (Å²) in [5.41, 5.74) is 0. The Morgan fingerprint density at radius 2 is 1.95 bits per heavy atom. The molecule has 0 aliphatic rings. The summed E-state index contributed by atoms with van der Waals surface area (Å²) in [6.07, 6.45) is -0.587. The average Bonchev–Trinajstić information content (AvgIpc) is 2.33. The fourth-order valence-corrected chi connectivity index (χ4v) is 2.06. The number of hydrogen-bond donors (Lipinski definition) is 1. The van der Waals surface area contributed by atoms with E-state index in [-0.39, 0.29) is 5.91 Å². The molecule has 6 heteroatoms. The summed E-state index contributed by atoms with van der Waals surface area (Å²) in [5.74, 6) is 0.395. The number of halogens is 2. The van der Waals surface area contributed by atoms with Gasteiger partial charge in [-0.25, -0.2) is 0 Å². The highest BCUT2D eigenvalue weighted by molar-refractivity contribution is 6.34. The zero-order chi connectivity index (χ0) is 14.4. The van der Waals surface area contributed by atoms with Gasteiger partial charge >= 0.3 is 0 Å². The third-order valence-corrected chi connectivity index (χ3v) is 3.01. The predicted molar refractivity (Wildman–Crippen MR) is 78.1 cm³/mol. The van der Waals surface area contributed by atoms with E-state index in [1.54, 1.807) is 37.1 Å². The van der Waals surface area contributed by atoms with Crippen molar-refractivity contribution in [2.24, 2.45) is 0 Å². The topological polar surface area (TPSA) is 41.6 Å². The summed E-state index contributed by atoms with van der Waals surface area (Å²) < 4.78 is 5.56. The lowest BCUT2D eigenvalue weighted by atomic mass is 10.3. The molecule has 1 rings (SSSR count). The van der Waals surface area contributed by atoms with Gasteiger partial charge in [-0.3, -0.25) is 4.79 Å². The minimum absolute atomic E-state index is 0.0913. The van der Waals surface area contributed by atoms with Crippen LogP contribution in [-0.4, -0.2) is 44.1 Å². The van der Waals surface area contributed by atoms with Crippen LogP contribution in [0.25, 0.3) is 0 Å². The summed E-state index contributed by atoms with van der Waals surface area (Å²) in [5, 5.41) is 3.94. The van der Waals surface area contributed by atoms with Crippen LogP contribution < -0.4 is 10.1 Å². The molecule has 1 N–H and O–H groups in total. The first-order valence-electron chi connectivity index (χ1n) is 5.96. The number of nitrogens with one attached hydrogen (secondary N) is 1. The predicted octanol–water partition coefficient (Wildman–Crippen LogP) is 2.44. The standard InChI is InChI=1S/C13H18Cl2N2O2/c1-9(13(18)17(3)5-4-16-2)19-12-7-10(14)6-11(15)8-12/h6-9,16H,4-5H2,1-3H3. The van der Waals surface area contributed by atoms with E-state index in [0.29, 0.717) is 22.3 Å². The molecule has 0 aliphatic heterocycles. The number of likely N-dealkylation sites (N-methyl/N-ethyl adjacent to an activating group) is 2. The Hall–Kier alpha value is -0.970. The number of carbonyl (C=O) groups excluding carboxylic acids is 1. The second-order valence-electron chi connectivity index (χ2n) is 4.23. The zero-order valence-corrected chi connectivity index (χ0v) is 12.8. The van der Waals surface area contributed by atoms with Crippen LogP contribution in [0.2, 0.25) is 10.0 Å². The third kappa shape index (κ3) is 5.27. The number of ether oxygens (including phenoxy) is 1. The van der Waals surface area contributed by atoms with Gasteiger partial charge in [0.15, 0.2) is 6.10 Å². The quantitative estimate of drug-likeness (QED) is 0.878. The molecule has 19 heavy (non-hydrogen) atoms. The highest BCUT2D eigenvalue weighted by atomic mass is 35.5. The van der Waals surface area contributed by atoms with E-state index in [4.69, 9.17) is 27.9 Å². The van der Waals surface area contributed by atoms with E-state index in [0.717, 1.165) is 6.54 Å². The van der Waals surface area contributed by atoms with Crippen molar-refractivity contribution in [3.8, 4) is 5.75 Å². The molecule has 0 radical (unpaired) electrons. The van der Waals surface area contributed by atoms with Crippen LogP contribution in [0.3, 0.4) is 0 Å². The van der Waals surface area contributed by atoms with Gasteiger partial charge in [-0.2, -0.15) is 0 Å². The first kappa shape index (κ1) is 16.1. The van der Waals surface area contributed by atoms with Crippen LogP contribution in [0.4, 0.5) is 0 Å². The van der Waals surface area contributed by atoms with Crippen molar-refractivity contribution < 1.29 is 9.53 Å². The number of hydrogen-bond acceptors (Lipinski definition) is 3. The van der Waals surface area contributed by atoms with Crippen molar-refractivity contribution in [3.63, 3.8) is 0 Å². The van der Waals surface area contributed by atoms with E-state index >= 15 is 0 Å². The molecule has 1 aromatic carbocycles. The van der Waals surface area contributed by atoms with Crippen LogP contribution >= 0.6 is 23.2 Å². The minimum atomic E-state index is -0.587. The molecule has 1 aromatic rings. The Bertz CT molecular complexity index is 420. The molecule has 0 heterocycles. The molecule has 0 saturated carbocycles. The molecular weight excluding hydrogens is 287 g/mol. The molecule has 0 saturated heterocycles. The second-order valence-corrected chi connectivity index (χ2v) is 5.10. The van der Waals surface area contributed by atoms with Gasteiger partial charge < -0.3 is 15.0 Å². The molecule has 0 spiro atoms. The monoisotopic (exact) mass is 304 g/mol. The van der Waals surface area contributed by atoms with Crippen LogP contribution in [-0.2, 0) is 4.79 Å². The van der Waals surface area contributed by atoms with Gasteiger partial charge in [0.25, 0.3) is 5.91 Å². The van der Waals surface area contributed by atoms with Gasteiger partial charge in [0.05, 0.1) is 0 Å². The number of carbonyl (C=O) groups is 1. The fraction of sp³-hybridized carbons (Fsp3) is 0.462. The third-order valence-electron chi connectivity index (χ3n) is 2.57. The fourth-order valence-electron chi connectivity index (χ4n) is 1.55. The van der Waals surface area contributed by atoms with E-state index in [1.807, 2.05) is 7.05 Å². The maximum absolute atomic E-state index is 12.0. The summed E-state index contributed by atoms with van der Waals surface area (Å²) in [7, 11) is 3.58. The molecule has 106 valence electrons. The Balaban J connectivity index is 2.62. The number of rotatable bonds is 6. The summed E-state index contributed by atoms with van der Waals surface area (Å²) in [6.45, 7) is 3.06.